The fourth-order valence-corrected chi connectivity index (χ4v) is 2.48. The maximum absolute atomic E-state index is 11.7. The number of hydrogen-bond donors (Lipinski definition) is 2. The Morgan fingerprint density at radius 2 is 2.29 bits per heavy atom. The lowest BCUT2D eigenvalue weighted by molar-refractivity contribution is 0.500. The van der Waals surface area contributed by atoms with Gasteiger partial charge in [-0.25, -0.2) is 13.1 Å². The first kappa shape index (κ1) is 11.7. The standard InChI is InChI=1S/C7H12BrN3O2S/c1-7(2,5-8)11-14(12,13)6-3-9-10-4-6/h3-4,11H,5H2,1-2H3,(H,9,10). The van der Waals surface area contributed by atoms with Crippen LogP contribution in [0.25, 0.3) is 0 Å². The Morgan fingerprint density at radius 1 is 1.64 bits per heavy atom. The largest absolute Gasteiger partial charge is 0.284 e. The highest BCUT2D eigenvalue weighted by molar-refractivity contribution is 9.09. The summed E-state index contributed by atoms with van der Waals surface area (Å²) in [5.41, 5.74) is -0.518. The number of rotatable bonds is 4. The SMILES string of the molecule is CC(C)(CBr)NS(=O)(=O)c1cn[nH]c1. The maximum Gasteiger partial charge on any atom is 0.244 e. The zero-order valence-corrected chi connectivity index (χ0v) is 10.3. The van der Waals surface area contributed by atoms with E-state index in [1.165, 1.54) is 12.4 Å². The lowest BCUT2D eigenvalue weighted by Gasteiger charge is -2.22. The second-order valence-electron chi connectivity index (χ2n) is 3.56. The van der Waals surface area contributed by atoms with Crippen LogP contribution in [0.2, 0.25) is 0 Å². The third-order valence-electron chi connectivity index (χ3n) is 1.53. The van der Waals surface area contributed by atoms with Crippen molar-refractivity contribution in [1.82, 2.24) is 14.9 Å². The molecule has 1 rings (SSSR count). The Morgan fingerprint density at radius 3 is 2.71 bits per heavy atom. The minimum atomic E-state index is -3.46. The molecule has 0 aliphatic heterocycles. The van der Waals surface area contributed by atoms with E-state index in [0.29, 0.717) is 5.33 Å². The second-order valence-corrected chi connectivity index (χ2v) is 5.80. The molecule has 0 spiro atoms. The van der Waals surface area contributed by atoms with Crippen molar-refractivity contribution in [2.75, 3.05) is 5.33 Å². The molecule has 0 aromatic carbocycles. The van der Waals surface area contributed by atoms with Gasteiger partial charge in [0.05, 0.1) is 6.20 Å². The van der Waals surface area contributed by atoms with E-state index in [-0.39, 0.29) is 4.90 Å². The molecule has 0 radical (unpaired) electrons. The number of aromatic nitrogens is 2. The van der Waals surface area contributed by atoms with Crippen molar-refractivity contribution in [2.24, 2.45) is 0 Å². The molecule has 0 amide bonds. The van der Waals surface area contributed by atoms with Crippen molar-refractivity contribution in [3.8, 4) is 0 Å². The van der Waals surface area contributed by atoms with Crippen LogP contribution in [0.1, 0.15) is 13.8 Å². The van der Waals surface area contributed by atoms with Crippen LogP contribution in [0.5, 0.6) is 0 Å². The van der Waals surface area contributed by atoms with Crippen LogP contribution < -0.4 is 4.72 Å². The molecule has 5 nitrogen and oxygen atoms in total. The van der Waals surface area contributed by atoms with Gasteiger partial charge in [0.25, 0.3) is 0 Å². The highest BCUT2D eigenvalue weighted by Crippen LogP contribution is 2.12. The predicted octanol–water partition coefficient (Wildman–Crippen LogP) is 0.862. The van der Waals surface area contributed by atoms with Gasteiger partial charge in [0.1, 0.15) is 4.90 Å². The summed E-state index contributed by atoms with van der Waals surface area (Å²) in [6.07, 6.45) is 2.61. The van der Waals surface area contributed by atoms with Crippen molar-refractivity contribution in [3.05, 3.63) is 12.4 Å². The first-order valence-electron chi connectivity index (χ1n) is 3.96. The summed E-state index contributed by atoms with van der Waals surface area (Å²) in [7, 11) is -3.46. The topological polar surface area (TPSA) is 74.8 Å². The number of sulfonamides is 1. The summed E-state index contributed by atoms with van der Waals surface area (Å²) in [6, 6.07) is 0. The number of nitrogens with zero attached hydrogens (tertiary/aromatic N) is 1. The van der Waals surface area contributed by atoms with E-state index in [2.05, 4.69) is 30.8 Å². The minimum Gasteiger partial charge on any atom is -0.284 e. The molecule has 0 saturated heterocycles. The first-order valence-corrected chi connectivity index (χ1v) is 6.56. The van der Waals surface area contributed by atoms with Gasteiger partial charge in [0.15, 0.2) is 0 Å². The second kappa shape index (κ2) is 4.00. The smallest absolute Gasteiger partial charge is 0.244 e. The van der Waals surface area contributed by atoms with Crippen molar-refractivity contribution < 1.29 is 8.42 Å². The number of H-pyrrole nitrogens is 1. The van der Waals surface area contributed by atoms with Gasteiger partial charge in [-0.1, -0.05) is 15.9 Å². The van der Waals surface area contributed by atoms with E-state index >= 15 is 0 Å². The third-order valence-corrected chi connectivity index (χ3v) is 4.60. The van der Waals surface area contributed by atoms with Crippen molar-refractivity contribution >= 4 is 26.0 Å². The van der Waals surface area contributed by atoms with E-state index < -0.39 is 15.6 Å². The Balaban J connectivity index is 2.89. The molecule has 1 aromatic rings. The van der Waals surface area contributed by atoms with Gasteiger partial charge in [-0.15, -0.1) is 0 Å². The lowest BCUT2D eigenvalue weighted by atomic mass is 10.1. The number of alkyl halides is 1. The van der Waals surface area contributed by atoms with Gasteiger partial charge >= 0.3 is 0 Å². The van der Waals surface area contributed by atoms with Crippen LogP contribution >= 0.6 is 15.9 Å². The number of nitrogens with one attached hydrogen (secondary N) is 2. The number of hydrogen-bond acceptors (Lipinski definition) is 3. The molecule has 7 heteroatoms. The van der Waals surface area contributed by atoms with Crippen LogP contribution in [0.4, 0.5) is 0 Å². The monoisotopic (exact) mass is 281 g/mol. The summed E-state index contributed by atoms with van der Waals surface area (Å²) in [6.45, 7) is 3.58. The quantitative estimate of drug-likeness (QED) is 0.804. The molecular weight excluding hydrogens is 270 g/mol. The summed E-state index contributed by atoms with van der Waals surface area (Å²) in [5, 5.41) is 6.59. The van der Waals surface area contributed by atoms with E-state index in [9.17, 15) is 8.42 Å². The Bertz CT molecular complexity index is 385. The highest BCUT2D eigenvalue weighted by Gasteiger charge is 2.25. The molecule has 0 aliphatic carbocycles. The van der Waals surface area contributed by atoms with Gasteiger partial charge in [0.2, 0.25) is 10.0 Å². The molecule has 0 saturated carbocycles. The average molecular weight is 282 g/mol. The van der Waals surface area contributed by atoms with Gasteiger partial charge < -0.3 is 0 Å². The molecule has 2 N–H and O–H groups in total. The highest BCUT2D eigenvalue weighted by atomic mass is 79.9. The van der Waals surface area contributed by atoms with Gasteiger partial charge in [-0.05, 0) is 13.8 Å². The van der Waals surface area contributed by atoms with E-state index in [0.717, 1.165) is 0 Å². The van der Waals surface area contributed by atoms with E-state index in [4.69, 9.17) is 0 Å². The Kier molecular flexibility index (Phi) is 3.33. The lowest BCUT2D eigenvalue weighted by Crippen LogP contribution is -2.44. The summed E-state index contributed by atoms with van der Waals surface area (Å²) in [4.78, 5) is 0.145. The fraction of sp³-hybridized carbons (Fsp3) is 0.571. The normalized spacial score (nSPS) is 13.1. The molecular formula is C7H12BrN3O2S. The maximum atomic E-state index is 11.7. The molecule has 0 bridgehead atoms. The molecule has 1 heterocycles. The molecule has 0 unspecified atom stereocenters. The summed E-state index contributed by atoms with van der Waals surface area (Å²) in [5.74, 6) is 0. The minimum absolute atomic E-state index is 0.145. The molecule has 0 atom stereocenters. The molecule has 1 aromatic heterocycles. The van der Waals surface area contributed by atoms with Crippen LogP contribution in [-0.2, 0) is 10.0 Å². The van der Waals surface area contributed by atoms with Gasteiger partial charge in [-0.2, -0.15) is 5.10 Å². The fourth-order valence-electron chi connectivity index (χ4n) is 0.836. The van der Waals surface area contributed by atoms with Crippen LogP contribution in [0, 0.1) is 0 Å². The molecule has 80 valence electrons. The van der Waals surface area contributed by atoms with Gasteiger partial charge in [-0.3, -0.25) is 5.10 Å². The zero-order chi connectivity index (χ0) is 10.8. The number of halogens is 1. The van der Waals surface area contributed by atoms with Crippen LogP contribution in [-0.4, -0.2) is 29.5 Å². The Hall–Kier alpha value is -0.400. The zero-order valence-electron chi connectivity index (χ0n) is 7.91. The van der Waals surface area contributed by atoms with E-state index in [1.54, 1.807) is 13.8 Å². The van der Waals surface area contributed by atoms with E-state index in [1.807, 2.05) is 0 Å². The number of aromatic amines is 1. The third kappa shape index (κ3) is 2.79. The summed E-state index contributed by atoms with van der Waals surface area (Å²) >= 11 is 3.24. The Labute approximate surface area is 91.5 Å². The molecule has 14 heavy (non-hydrogen) atoms. The average Bonchev–Trinajstić information content (AvgIpc) is 2.54. The molecule has 0 fully saturated rings. The van der Waals surface area contributed by atoms with Crippen molar-refractivity contribution in [1.29, 1.82) is 0 Å². The van der Waals surface area contributed by atoms with Crippen molar-refractivity contribution in [2.45, 2.75) is 24.3 Å². The predicted molar refractivity (Wildman–Crippen MR) is 56.8 cm³/mol. The summed E-state index contributed by atoms with van der Waals surface area (Å²) < 4.78 is 25.9. The first-order chi connectivity index (χ1) is 6.37. The van der Waals surface area contributed by atoms with Gasteiger partial charge in [0, 0.05) is 17.1 Å². The van der Waals surface area contributed by atoms with Crippen LogP contribution in [0.15, 0.2) is 17.3 Å². The molecule has 0 aliphatic rings. The van der Waals surface area contributed by atoms with Crippen LogP contribution in [0.3, 0.4) is 0 Å². The van der Waals surface area contributed by atoms with Crippen molar-refractivity contribution in [3.63, 3.8) is 0 Å².